The number of hydrogen-bond donors (Lipinski definition) is 2. The first-order chi connectivity index (χ1) is 12.1. The van der Waals surface area contributed by atoms with Crippen molar-refractivity contribution in [1.82, 2.24) is 5.32 Å². The minimum atomic E-state index is -0.989. The lowest BCUT2D eigenvalue weighted by molar-refractivity contribution is -0.142. The van der Waals surface area contributed by atoms with Crippen LogP contribution in [0.1, 0.15) is 42.7 Å². The van der Waals surface area contributed by atoms with Gasteiger partial charge in [0.05, 0.1) is 19.8 Å². The van der Waals surface area contributed by atoms with Gasteiger partial charge in [0.15, 0.2) is 0 Å². The predicted octanol–water partition coefficient (Wildman–Crippen LogP) is 2.12. The highest BCUT2D eigenvalue weighted by molar-refractivity contribution is 5.83. The van der Waals surface area contributed by atoms with Crippen LogP contribution in [0.5, 0.6) is 0 Å². The van der Waals surface area contributed by atoms with Crippen LogP contribution in [0.25, 0.3) is 0 Å². The Kier molecular flexibility index (Phi) is 7.88. The van der Waals surface area contributed by atoms with Crippen molar-refractivity contribution in [2.75, 3.05) is 26.9 Å². The molecule has 2 unspecified atom stereocenters. The topological polar surface area (TPSA) is 84.9 Å². The van der Waals surface area contributed by atoms with Crippen molar-refractivity contribution in [3.05, 3.63) is 35.4 Å². The number of methoxy groups -OCH3 is 1. The molecule has 0 saturated carbocycles. The monoisotopic (exact) mass is 349 g/mol. The fraction of sp³-hybridized carbons (Fsp3) is 0.579. The van der Waals surface area contributed by atoms with Crippen LogP contribution in [0, 0.1) is 0 Å². The van der Waals surface area contributed by atoms with E-state index >= 15 is 0 Å². The Labute approximate surface area is 148 Å². The molecule has 0 saturated heterocycles. The Bertz CT molecular complexity index is 575. The van der Waals surface area contributed by atoms with Gasteiger partial charge in [0.25, 0.3) is 0 Å². The number of aryl methyl sites for hydroxylation is 1. The minimum absolute atomic E-state index is 0.148. The third kappa shape index (κ3) is 6.14. The number of amides is 1. The molecule has 0 fully saturated rings. The van der Waals surface area contributed by atoms with E-state index in [1.54, 1.807) is 7.11 Å². The van der Waals surface area contributed by atoms with Gasteiger partial charge in [-0.2, -0.15) is 0 Å². The van der Waals surface area contributed by atoms with E-state index < -0.39 is 12.0 Å². The zero-order valence-corrected chi connectivity index (χ0v) is 14.7. The van der Waals surface area contributed by atoms with Crippen molar-refractivity contribution in [2.45, 2.75) is 44.1 Å². The summed E-state index contributed by atoms with van der Waals surface area (Å²) in [5.74, 6) is -1.12. The van der Waals surface area contributed by atoms with Crippen LogP contribution in [0.3, 0.4) is 0 Å². The molecule has 1 aliphatic carbocycles. The van der Waals surface area contributed by atoms with Crippen LogP contribution >= 0.6 is 0 Å². The number of benzene rings is 1. The zero-order valence-electron chi connectivity index (χ0n) is 14.7. The molecule has 1 amide bonds. The SMILES string of the molecule is COCCOCCC(=O)NC(CC1CCCc2ccccc21)C(=O)O. The lowest BCUT2D eigenvalue weighted by Crippen LogP contribution is -2.42. The van der Waals surface area contributed by atoms with E-state index in [4.69, 9.17) is 9.47 Å². The number of ether oxygens (including phenoxy) is 2. The Morgan fingerprint density at radius 1 is 1.28 bits per heavy atom. The van der Waals surface area contributed by atoms with E-state index in [-0.39, 0.29) is 24.9 Å². The Morgan fingerprint density at radius 3 is 2.84 bits per heavy atom. The molecular formula is C19H27NO5. The number of carbonyl (C=O) groups excluding carboxylic acids is 1. The normalized spacial score (nSPS) is 17.6. The Hall–Kier alpha value is -1.92. The van der Waals surface area contributed by atoms with Crippen molar-refractivity contribution in [2.24, 2.45) is 0 Å². The lowest BCUT2D eigenvalue weighted by Gasteiger charge is -2.28. The Balaban J connectivity index is 1.87. The number of hydrogen-bond acceptors (Lipinski definition) is 4. The molecule has 2 atom stereocenters. The summed E-state index contributed by atoms with van der Waals surface area (Å²) in [5.41, 5.74) is 2.51. The van der Waals surface area contributed by atoms with E-state index in [1.165, 1.54) is 11.1 Å². The molecule has 6 nitrogen and oxygen atoms in total. The van der Waals surface area contributed by atoms with Gasteiger partial charge in [-0.25, -0.2) is 4.79 Å². The number of rotatable bonds is 10. The summed E-state index contributed by atoms with van der Waals surface area (Å²) < 4.78 is 10.1. The maximum absolute atomic E-state index is 12.0. The highest BCUT2D eigenvalue weighted by Crippen LogP contribution is 2.34. The van der Waals surface area contributed by atoms with E-state index in [9.17, 15) is 14.7 Å². The summed E-state index contributed by atoms with van der Waals surface area (Å²) in [7, 11) is 1.58. The zero-order chi connectivity index (χ0) is 18.1. The standard InChI is InChI=1S/C19H27NO5/c1-24-11-12-25-10-9-18(21)20-17(19(22)23)13-15-7-4-6-14-5-2-3-8-16(14)15/h2-3,5,8,15,17H,4,6-7,9-13H2,1H3,(H,20,21)(H,22,23). The van der Waals surface area contributed by atoms with Gasteiger partial charge in [0.1, 0.15) is 6.04 Å². The second kappa shape index (κ2) is 10.2. The number of aliphatic carboxylic acids is 1. The first kappa shape index (κ1) is 19.4. The molecule has 6 heteroatoms. The number of carboxylic acid groups (broad SMARTS) is 1. The molecule has 1 aliphatic rings. The molecule has 1 aromatic rings. The molecule has 0 aromatic heterocycles. The molecule has 138 valence electrons. The van der Waals surface area contributed by atoms with Crippen molar-refractivity contribution in [1.29, 1.82) is 0 Å². The van der Waals surface area contributed by atoms with Gasteiger partial charge in [-0.3, -0.25) is 4.79 Å². The van der Waals surface area contributed by atoms with E-state index in [0.717, 1.165) is 19.3 Å². The average Bonchev–Trinajstić information content (AvgIpc) is 2.61. The van der Waals surface area contributed by atoms with Gasteiger partial charge in [0, 0.05) is 13.5 Å². The summed E-state index contributed by atoms with van der Waals surface area (Å²) in [4.78, 5) is 23.6. The van der Waals surface area contributed by atoms with Gasteiger partial charge >= 0.3 is 5.97 Å². The van der Waals surface area contributed by atoms with E-state index in [1.807, 2.05) is 12.1 Å². The van der Waals surface area contributed by atoms with Gasteiger partial charge in [0.2, 0.25) is 5.91 Å². The summed E-state index contributed by atoms with van der Waals surface area (Å²) >= 11 is 0. The average molecular weight is 349 g/mol. The molecule has 1 aromatic carbocycles. The first-order valence-corrected chi connectivity index (χ1v) is 8.78. The van der Waals surface area contributed by atoms with Crippen LogP contribution in [0.4, 0.5) is 0 Å². The molecule has 2 rings (SSSR count). The van der Waals surface area contributed by atoms with Crippen LogP contribution in [0.2, 0.25) is 0 Å². The van der Waals surface area contributed by atoms with E-state index in [0.29, 0.717) is 19.6 Å². The summed E-state index contributed by atoms with van der Waals surface area (Å²) in [6, 6.07) is 7.31. The number of fused-ring (bicyclic) bond motifs is 1. The van der Waals surface area contributed by atoms with Crippen molar-refractivity contribution < 1.29 is 24.2 Å². The molecule has 0 radical (unpaired) electrons. The minimum Gasteiger partial charge on any atom is -0.480 e. The highest BCUT2D eigenvalue weighted by atomic mass is 16.5. The number of nitrogens with one attached hydrogen (secondary N) is 1. The van der Waals surface area contributed by atoms with Crippen molar-refractivity contribution in [3.63, 3.8) is 0 Å². The van der Waals surface area contributed by atoms with Gasteiger partial charge in [-0.15, -0.1) is 0 Å². The smallest absolute Gasteiger partial charge is 0.326 e. The lowest BCUT2D eigenvalue weighted by atomic mass is 9.79. The second-order valence-electron chi connectivity index (χ2n) is 6.34. The summed E-state index contributed by atoms with van der Waals surface area (Å²) in [6.07, 6.45) is 3.61. The van der Waals surface area contributed by atoms with Crippen LogP contribution in [-0.2, 0) is 25.5 Å². The van der Waals surface area contributed by atoms with Crippen LogP contribution in [-0.4, -0.2) is 50.0 Å². The predicted molar refractivity (Wildman–Crippen MR) is 93.6 cm³/mol. The molecule has 0 spiro atoms. The molecule has 2 N–H and O–H groups in total. The molecule has 0 bridgehead atoms. The molecular weight excluding hydrogens is 322 g/mol. The van der Waals surface area contributed by atoms with Crippen LogP contribution < -0.4 is 5.32 Å². The van der Waals surface area contributed by atoms with Gasteiger partial charge in [-0.1, -0.05) is 24.3 Å². The van der Waals surface area contributed by atoms with Crippen LogP contribution in [0.15, 0.2) is 24.3 Å². The third-order valence-corrected chi connectivity index (χ3v) is 4.55. The van der Waals surface area contributed by atoms with Gasteiger partial charge in [-0.05, 0) is 42.7 Å². The molecule has 0 heterocycles. The quantitative estimate of drug-likeness (QED) is 0.632. The fourth-order valence-corrected chi connectivity index (χ4v) is 3.28. The largest absolute Gasteiger partial charge is 0.480 e. The molecule has 25 heavy (non-hydrogen) atoms. The van der Waals surface area contributed by atoms with Crippen molar-refractivity contribution in [3.8, 4) is 0 Å². The van der Waals surface area contributed by atoms with Crippen molar-refractivity contribution >= 4 is 11.9 Å². The maximum atomic E-state index is 12.0. The fourth-order valence-electron chi connectivity index (χ4n) is 3.28. The first-order valence-electron chi connectivity index (χ1n) is 8.78. The van der Waals surface area contributed by atoms with Gasteiger partial charge < -0.3 is 19.9 Å². The van der Waals surface area contributed by atoms with E-state index in [2.05, 4.69) is 17.4 Å². The number of carbonyl (C=O) groups is 2. The molecule has 0 aliphatic heterocycles. The Morgan fingerprint density at radius 2 is 2.08 bits per heavy atom. The number of carboxylic acids is 1. The second-order valence-corrected chi connectivity index (χ2v) is 6.34. The summed E-state index contributed by atoms with van der Waals surface area (Å²) in [6.45, 7) is 1.15. The third-order valence-electron chi connectivity index (χ3n) is 4.55. The summed E-state index contributed by atoms with van der Waals surface area (Å²) in [5, 5.41) is 12.1. The highest BCUT2D eigenvalue weighted by Gasteiger charge is 2.27. The maximum Gasteiger partial charge on any atom is 0.326 e.